The van der Waals surface area contributed by atoms with Gasteiger partial charge in [0.05, 0.1) is 16.4 Å². The molecule has 0 aliphatic heterocycles. The van der Waals surface area contributed by atoms with Crippen LogP contribution in [-0.2, 0) is 6.54 Å². The topological polar surface area (TPSA) is 43.8 Å². The fraction of sp³-hybridized carbons (Fsp3) is 0.727. The van der Waals surface area contributed by atoms with Gasteiger partial charge in [-0.05, 0) is 41.6 Å². The molecule has 2 rings (SSSR count). The average molecular weight is 272 g/mol. The van der Waals surface area contributed by atoms with Crippen molar-refractivity contribution in [3.63, 3.8) is 0 Å². The maximum atomic E-state index is 6.07. The zero-order valence-corrected chi connectivity index (χ0v) is 10.9. The van der Waals surface area contributed by atoms with E-state index in [9.17, 15) is 0 Å². The second-order valence-electron chi connectivity index (χ2n) is 4.40. The van der Waals surface area contributed by atoms with E-state index in [-0.39, 0.29) is 0 Å². The SMILES string of the molecule is CCn1ncc(Br)c1C1CCC(N)C1C. The van der Waals surface area contributed by atoms with Crippen LogP contribution in [0.25, 0.3) is 0 Å². The molecule has 3 atom stereocenters. The molecule has 1 aliphatic rings. The van der Waals surface area contributed by atoms with Gasteiger partial charge in [-0.1, -0.05) is 6.92 Å². The van der Waals surface area contributed by atoms with E-state index in [1.54, 1.807) is 0 Å². The number of hydrogen-bond acceptors (Lipinski definition) is 2. The van der Waals surface area contributed by atoms with Gasteiger partial charge >= 0.3 is 0 Å². The maximum Gasteiger partial charge on any atom is 0.0635 e. The monoisotopic (exact) mass is 271 g/mol. The normalized spacial score (nSPS) is 31.1. The van der Waals surface area contributed by atoms with Gasteiger partial charge in [0.15, 0.2) is 0 Å². The van der Waals surface area contributed by atoms with Gasteiger partial charge in [-0.15, -0.1) is 0 Å². The first-order chi connectivity index (χ1) is 7.15. The van der Waals surface area contributed by atoms with Crippen LogP contribution < -0.4 is 5.73 Å². The van der Waals surface area contributed by atoms with Gasteiger partial charge in [0.25, 0.3) is 0 Å². The van der Waals surface area contributed by atoms with Crippen molar-refractivity contribution in [2.75, 3.05) is 0 Å². The molecule has 15 heavy (non-hydrogen) atoms. The molecule has 0 saturated heterocycles. The number of aromatic nitrogens is 2. The number of aryl methyl sites for hydroxylation is 1. The molecular weight excluding hydrogens is 254 g/mol. The van der Waals surface area contributed by atoms with E-state index in [1.807, 2.05) is 6.20 Å². The number of hydrogen-bond donors (Lipinski definition) is 1. The van der Waals surface area contributed by atoms with Gasteiger partial charge in [0.2, 0.25) is 0 Å². The van der Waals surface area contributed by atoms with E-state index >= 15 is 0 Å². The van der Waals surface area contributed by atoms with Crippen molar-refractivity contribution in [2.24, 2.45) is 11.7 Å². The van der Waals surface area contributed by atoms with Crippen LogP contribution in [0, 0.1) is 5.92 Å². The minimum Gasteiger partial charge on any atom is -0.327 e. The quantitative estimate of drug-likeness (QED) is 0.899. The van der Waals surface area contributed by atoms with E-state index in [4.69, 9.17) is 5.73 Å². The molecule has 3 nitrogen and oxygen atoms in total. The molecule has 3 unspecified atom stereocenters. The second kappa shape index (κ2) is 4.26. The van der Waals surface area contributed by atoms with Crippen molar-refractivity contribution in [3.05, 3.63) is 16.4 Å². The van der Waals surface area contributed by atoms with E-state index in [0.29, 0.717) is 17.9 Å². The lowest BCUT2D eigenvalue weighted by Gasteiger charge is -2.19. The first kappa shape index (κ1) is 11.1. The Bertz CT molecular complexity index is 348. The molecule has 1 aliphatic carbocycles. The predicted octanol–water partition coefficient (Wildman–Crippen LogP) is 2.51. The molecule has 4 heteroatoms. The van der Waals surface area contributed by atoms with Gasteiger partial charge in [-0.2, -0.15) is 5.10 Å². The summed E-state index contributed by atoms with van der Waals surface area (Å²) in [4.78, 5) is 0. The van der Waals surface area contributed by atoms with Crippen molar-refractivity contribution in [2.45, 2.75) is 45.2 Å². The third kappa shape index (κ3) is 1.85. The summed E-state index contributed by atoms with van der Waals surface area (Å²) < 4.78 is 3.22. The zero-order valence-electron chi connectivity index (χ0n) is 9.28. The molecule has 0 amide bonds. The Balaban J connectivity index is 2.32. The third-order valence-corrected chi connectivity index (χ3v) is 4.22. The van der Waals surface area contributed by atoms with Crippen molar-refractivity contribution in [1.82, 2.24) is 9.78 Å². The highest BCUT2D eigenvalue weighted by molar-refractivity contribution is 9.10. The number of halogens is 1. The van der Waals surface area contributed by atoms with Crippen molar-refractivity contribution in [3.8, 4) is 0 Å². The minimum atomic E-state index is 0.349. The van der Waals surface area contributed by atoms with Crippen LogP contribution in [0.5, 0.6) is 0 Å². The number of nitrogens with two attached hydrogens (primary N) is 1. The summed E-state index contributed by atoms with van der Waals surface area (Å²) in [5.74, 6) is 1.13. The Hall–Kier alpha value is -0.350. The van der Waals surface area contributed by atoms with Gasteiger partial charge in [0.1, 0.15) is 0 Å². The highest BCUT2D eigenvalue weighted by Crippen LogP contribution is 2.41. The Kier molecular flexibility index (Phi) is 3.16. The van der Waals surface area contributed by atoms with Crippen LogP contribution in [0.4, 0.5) is 0 Å². The van der Waals surface area contributed by atoms with E-state index in [2.05, 4.69) is 39.6 Å². The van der Waals surface area contributed by atoms with Crippen LogP contribution in [0.1, 0.15) is 38.3 Å². The highest BCUT2D eigenvalue weighted by atomic mass is 79.9. The molecular formula is C11H18BrN3. The van der Waals surface area contributed by atoms with Crippen LogP contribution in [0.15, 0.2) is 10.7 Å². The summed E-state index contributed by atoms with van der Waals surface area (Å²) in [6, 6.07) is 0.349. The molecule has 1 aromatic rings. The summed E-state index contributed by atoms with van der Waals surface area (Å²) in [7, 11) is 0. The summed E-state index contributed by atoms with van der Waals surface area (Å²) in [6.07, 6.45) is 4.22. The Morgan fingerprint density at radius 1 is 1.60 bits per heavy atom. The third-order valence-electron chi connectivity index (χ3n) is 3.61. The molecule has 0 radical (unpaired) electrons. The lowest BCUT2D eigenvalue weighted by atomic mass is 9.93. The fourth-order valence-electron chi connectivity index (χ4n) is 2.57. The van der Waals surface area contributed by atoms with Crippen LogP contribution in [0.3, 0.4) is 0 Å². The summed E-state index contributed by atoms with van der Waals surface area (Å²) in [6.45, 7) is 5.31. The summed E-state index contributed by atoms with van der Waals surface area (Å²) in [5, 5.41) is 4.37. The Morgan fingerprint density at radius 2 is 2.33 bits per heavy atom. The standard InChI is InChI=1S/C11H18BrN3/c1-3-15-11(9(12)6-14-15)8-4-5-10(13)7(8)2/h6-8,10H,3-5,13H2,1-2H3. The largest absolute Gasteiger partial charge is 0.327 e. The highest BCUT2D eigenvalue weighted by Gasteiger charge is 2.34. The summed E-state index contributed by atoms with van der Waals surface area (Å²) >= 11 is 3.59. The van der Waals surface area contributed by atoms with E-state index in [1.165, 1.54) is 12.1 Å². The van der Waals surface area contributed by atoms with Crippen LogP contribution in [0.2, 0.25) is 0 Å². The molecule has 1 aromatic heterocycles. The molecule has 1 fully saturated rings. The van der Waals surface area contributed by atoms with Gasteiger partial charge in [-0.3, -0.25) is 4.68 Å². The average Bonchev–Trinajstić information content (AvgIpc) is 2.73. The smallest absolute Gasteiger partial charge is 0.0635 e. The second-order valence-corrected chi connectivity index (χ2v) is 5.25. The van der Waals surface area contributed by atoms with Crippen molar-refractivity contribution in [1.29, 1.82) is 0 Å². The summed E-state index contributed by atoms with van der Waals surface area (Å²) in [5.41, 5.74) is 7.40. The molecule has 0 aromatic carbocycles. The first-order valence-electron chi connectivity index (χ1n) is 5.62. The number of nitrogens with zero attached hydrogens (tertiary/aromatic N) is 2. The fourth-order valence-corrected chi connectivity index (χ4v) is 3.16. The Labute approximate surface area is 99.2 Å². The lowest BCUT2D eigenvalue weighted by Crippen LogP contribution is -2.25. The molecule has 2 N–H and O–H groups in total. The number of rotatable bonds is 2. The van der Waals surface area contributed by atoms with Crippen LogP contribution >= 0.6 is 15.9 Å². The predicted molar refractivity (Wildman–Crippen MR) is 64.7 cm³/mol. The van der Waals surface area contributed by atoms with Crippen molar-refractivity contribution >= 4 is 15.9 Å². The maximum absolute atomic E-state index is 6.07. The van der Waals surface area contributed by atoms with Crippen LogP contribution in [-0.4, -0.2) is 15.8 Å². The van der Waals surface area contributed by atoms with E-state index in [0.717, 1.165) is 17.4 Å². The first-order valence-corrected chi connectivity index (χ1v) is 6.41. The Morgan fingerprint density at radius 3 is 2.87 bits per heavy atom. The molecule has 0 spiro atoms. The van der Waals surface area contributed by atoms with Gasteiger partial charge < -0.3 is 5.73 Å². The lowest BCUT2D eigenvalue weighted by molar-refractivity contribution is 0.449. The zero-order chi connectivity index (χ0) is 11.0. The van der Waals surface area contributed by atoms with Gasteiger partial charge in [0, 0.05) is 18.5 Å². The van der Waals surface area contributed by atoms with Gasteiger partial charge in [-0.25, -0.2) is 0 Å². The minimum absolute atomic E-state index is 0.349. The molecule has 84 valence electrons. The molecule has 0 bridgehead atoms. The van der Waals surface area contributed by atoms with E-state index < -0.39 is 0 Å². The molecule has 1 heterocycles. The molecule has 1 saturated carbocycles. The van der Waals surface area contributed by atoms with Crippen molar-refractivity contribution < 1.29 is 0 Å².